The number of benzene rings is 1. The fourth-order valence-corrected chi connectivity index (χ4v) is 2.39. The largest absolute Gasteiger partial charge is 0.506 e. The van der Waals surface area contributed by atoms with Gasteiger partial charge in [-0.1, -0.05) is 38.1 Å². The number of carbonyl (C=O) groups excluding carboxylic acids is 2. The van der Waals surface area contributed by atoms with Gasteiger partial charge in [-0.3, -0.25) is 9.59 Å². The van der Waals surface area contributed by atoms with Crippen molar-refractivity contribution < 1.29 is 14.7 Å². The van der Waals surface area contributed by atoms with Gasteiger partial charge in [-0.2, -0.15) is 0 Å². The second-order valence-electron chi connectivity index (χ2n) is 5.95. The van der Waals surface area contributed by atoms with Crippen LogP contribution in [0.3, 0.4) is 0 Å². The number of Topliss-reactive ketones (excluding diaryl/α,β-unsaturated/α-hetero) is 1. The van der Waals surface area contributed by atoms with E-state index in [1.807, 2.05) is 26.0 Å². The van der Waals surface area contributed by atoms with E-state index in [1.165, 1.54) is 4.90 Å². The molecule has 0 unspecified atom stereocenters. The molecule has 0 bridgehead atoms. The predicted octanol–water partition coefficient (Wildman–Crippen LogP) is 2.90. The minimum absolute atomic E-state index is 0.0416. The highest BCUT2D eigenvalue weighted by atomic mass is 16.3. The average Bonchev–Trinajstić information content (AvgIpc) is 2.73. The van der Waals surface area contributed by atoms with Crippen molar-refractivity contribution in [3.8, 4) is 0 Å². The van der Waals surface area contributed by atoms with Crippen LogP contribution < -0.4 is 0 Å². The van der Waals surface area contributed by atoms with E-state index in [9.17, 15) is 14.7 Å². The van der Waals surface area contributed by atoms with Crippen LogP contribution >= 0.6 is 0 Å². The Morgan fingerprint density at radius 3 is 2.10 bits per heavy atom. The highest BCUT2D eigenvalue weighted by Gasteiger charge is 2.37. The Morgan fingerprint density at radius 1 is 1.10 bits per heavy atom. The molecule has 4 heteroatoms. The molecule has 1 saturated heterocycles. The van der Waals surface area contributed by atoms with Crippen LogP contribution in [0, 0.1) is 0 Å². The van der Waals surface area contributed by atoms with Crippen molar-refractivity contribution >= 4 is 17.4 Å². The summed E-state index contributed by atoms with van der Waals surface area (Å²) in [6.45, 7) is 7.90. The molecule has 0 aliphatic carbocycles. The molecule has 21 heavy (non-hydrogen) atoms. The summed E-state index contributed by atoms with van der Waals surface area (Å²) in [4.78, 5) is 25.7. The number of likely N-dealkylation sites (tertiary alicyclic amines) is 1. The number of ketones is 1. The molecule has 0 saturated carbocycles. The quantitative estimate of drug-likeness (QED) is 0.528. The van der Waals surface area contributed by atoms with Crippen LogP contribution in [0.25, 0.3) is 5.76 Å². The maximum atomic E-state index is 12.2. The van der Waals surface area contributed by atoms with E-state index in [0.717, 1.165) is 5.56 Å². The number of nitrogens with zero attached hydrogens (tertiary/aromatic N) is 1. The Kier molecular flexibility index (Phi) is 4.16. The molecule has 1 N–H and O–H groups in total. The lowest BCUT2D eigenvalue weighted by molar-refractivity contribution is -0.126. The van der Waals surface area contributed by atoms with Crippen molar-refractivity contribution in [2.75, 3.05) is 6.54 Å². The van der Waals surface area contributed by atoms with Crippen LogP contribution in [0.15, 0.2) is 29.8 Å². The lowest BCUT2D eigenvalue weighted by Crippen LogP contribution is -2.32. The molecule has 1 aromatic carbocycles. The smallest absolute Gasteiger partial charge is 0.262 e. The fourth-order valence-electron chi connectivity index (χ4n) is 2.39. The zero-order valence-electron chi connectivity index (χ0n) is 12.9. The Hall–Kier alpha value is -2.10. The standard InChI is InChI=1S/C17H21NO3/c1-10(2)12-5-7-13(8-6-12)16(20)15-14(19)9-18(11(3)4)17(15)21/h5-8,10-11,20H,9H2,1-4H3/b16-15-. The second-order valence-corrected chi connectivity index (χ2v) is 5.95. The van der Waals surface area contributed by atoms with Gasteiger partial charge in [0, 0.05) is 11.6 Å². The maximum Gasteiger partial charge on any atom is 0.262 e. The Morgan fingerprint density at radius 2 is 1.67 bits per heavy atom. The molecule has 1 fully saturated rings. The Balaban J connectivity index is 2.39. The third-order valence-electron chi connectivity index (χ3n) is 3.78. The molecule has 1 aromatic rings. The summed E-state index contributed by atoms with van der Waals surface area (Å²) >= 11 is 0. The summed E-state index contributed by atoms with van der Waals surface area (Å²) in [6.07, 6.45) is 0. The molecule has 0 radical (unpaired) electrons. The second kappa shape index (κ2) is 5.72. The molecule has 1 heterocycles. The molecule has 112 valence electrons. The highest BCUT2D eigenvalue weighted by molar-refractivity contribution is 6.28. The van der Waals surface area contributed by atoms with Gasteiger partial charge in [0.05, 0.1) is 6.54 Å². The summed E-state index contributed by atoms with van der Waals surface area (Å²) < 4.78 is 0. The zero-order valence-corrected chi connectivity index (χ0v) is 12.9. The number of carbonyl (C=O) groups is 2. The van der Waals surface area contributed by atoms with Gasteiger partial charge in [-0.15, -0.1) is 0 Å². The van der Waals surface area contributed by atoms with E-state index in [-0.39, 0.29) is 35.6 Å². The highest BCUT2D eigenvalue weighted by Crippen LogP contribution is 2.25. The minimum atomic E-state index is -0.388. The van der Waals surface area contributed by atoms with Gasteiger partial charge in [0.15, 0.2) is 5.78 Å². The fraction of sp³-hybridized carbons (Fsp3) is 0.412. The maximum absolute atomic E-state index is 12.2. The van der Waals surface area contributed by atoms with Crippen molar-refractivity contribution in [3.05, 3.63) is 41.0 Å². The topological polar surface area (TPSA) is 57.6 Å². The average molecular weight is 287 g/mol. The first-order chi connectivity index (χ1) is 9.82. The van der Waals surface area contributed by atoms with Gasteiger partial charge >= 0.3 is 0 Å². The molecule has 0 spiro atoms. The van der Waals surface area contributed by atoms with Crippen LogP contribution in [0.1, 0.15) is 44.7 Å². The van der Waals surface area contributed by atoms with Crippen LogP contribution in [-0.4, -0.2) is 34.3 Å². The molecule has 2 rings (SSSR count). The minimum Gasteiger partial charge on any atom is -0.506 e. The molecular weight excluding hydrogens is 266 g/mol. The molecule has 0 aromatic heterocycles. The van der Waals surface area contributed by atoms with Gasteiger partial charge in [0.2, 0.25) is 0 Å². The van der Waals surface area contributed by atoms with E-state index in [0.29, 0.717) is 11.5 Å². The summed E-state index contributed by atoms with van der Waals surface area (Å²) in [7, 11) is 0. The van der Waals surface area contributed by atoms with E-state index in [4.69, 9.17) is 0 Å². The first-order valence-corrected chi connectivity index (χ1v) is 7.20. The number of hydrogen-bond acceptors (Lipinski definition) is 3. The summed E-state index contributed by atoms with van der Waals surface area (Å²) in [5.74, 6) is -0.539. The van der Waals surface area contributed by atoms with Crippen LogP contribution in [0.4, 0.5) is 0 Å². The van der Waals surface area contributed by atoms with Gasteiger partial charge in [-0.05, 0) is 25.3 Å². The van der Waals surface area contributed by atoms with Crippen LogP contribution in [0.5, 0.6) is 0 Å². The SMILES string of the molecule is CC(C)c1ccc(/C(O)=C2\C(=O)CN(C(C)C)C2=O)cc1. The lowest BCUT2D eigenvalue weighted by Gasteiger charge is -2.18. The first kappa shape index (κ1) is 15.3. The van der Waals surface area contributed by atoms with E-state index in [2.05, 4.69) is 13.8 Å². The van der Waals surface area contributed by atoms with Crippen molar-refractivity contribution in [2.24, 2.45) is 0 Å². The Bertz CT molecular complexity index is 597. The van der Waals surface area contributed by atoms with Crippen molar-refractivity contribution in [1.29, 1.82) is 0 Å². The van der Waals surface area contributed by atoms with Crippen molar-refractivity contribution in [1.82, 2.24) is 4.90 Å². The van der Waals surface area contributed by atoms with E-state index >= 15 is 0 Å². The zero-order chi connectivity index (χ0) is 15.7. The Labute approximate surface area is 125 Å². The number of aliphatic hydroxyl groups is 1. The first-order valence-electron chi connectivity index (χ1n) is 7.20. The van der Waals surface area contributed by atoms with Crippen LogP contribution in [0.2, 0.25) is 0 Å². The summed E-state index contributed by atoms with van der Waals surface area (Å²) in [6, 6.07) is 7.24. The van der Waals surface area contributed by atoms with Gasteiger partial charge in [0.25, 0.3) is 5.91 Å². The predicted molar refractivity (Wildman–Crippen MR) is 81.9 cm³/mol. The van der Waals surface area contributed by atoms with Crippen LogP contribution in [-0.2, 0) is 9.59 Å². The van der Waals surface area contributed by atoms with Gasteiger partial charge in [-0.25, -0.2) is 0 Å². The van der Waals surface area contributed by atoms with Crippen molar-refractivity contribution in [3.63, 3.8) is 0 Å². The number of rotatable bonds is 3. The summed E-state index contributed by atoms with van der Waals surface area (Å²) in [5, 5.41) is 10.3. The number of aliphatic hydroxyl groups excluding tert-OH is 1. The monoisotopic (exact) mass is 287 g/mol. The van der Waals surface area contributed by atoms with Gasteiger partial charge < -0.3 is 10.0 Å². The normalized spacial score (nSPS) is 18.1. The third-order valence-corrected chi connectivity index (χ3v) is 3.78. The molecule has 4 nitrogen and oxygen atoms in total. The van der Waals surface area contributed by atoms with Crippen molar-refractivity contribution in [2.45, 2.75) is 39.7 Å². The molecule has 1 amide bonds. The molecule has 1 aliphatic rings. The molecule has 1 aliphatic heterocycles. The molecule has 0 atom stereocenters. The summed E-state index contributed by atoms with van der Waals surface area (Å²) in [5.41, 5.74) is 1.55. The van der Waals surface area contributed by atoms with E-state index in [1.54, 1.807) is 12.1 Å². The lowest BCUT2D eigenvalue weighted by atomic mass is 9.99. The molecular formula is C17H21NO3. The van der Waals surface area contributed by atoms with E-state index < -0.39 is 0 Å². The third kappa shape index (κ3) is 2.84. The van der Waals surface area contributed by atoms with Gasteiger partial charge in [0.1, 0.15) is 11.3 Å². The number of amides is 1. The number of hydrogen-bond donors (Lipinski definition) is 1.